The summed E-state index contributed by atoms with van der Waals surface area (Å²) < 4.78 is 40.1. The Morgan fingerprint density at radius 3 is 2.56 bits per heavy atom. The summed E-state index contributed by atoms with van der Waals surface area (Å²) in [5.41, 5.74) is 4.95. The number of aromatic nitrogens is 2. The molecular weight excluding hydrogens is 271 g/mol. The van der Waals surface area contributed by atoms with E-state index in [2.05, 4.69) is 0 Å². The Bertz CT molecular complexity index is 635. The molecular formula is C10H11ClF3N3O. The van der Waals surface area contributed by atoms with Crippen LogP contribution in [0.4, 0.5) is 18.9 Å². The molecule has 4 nitrogen and oxygen atoms in total. The minimum absolute atomic E-state index is 0. The molecule has 0 fully saturated rings. The van der Waals surface area contributed by atoms with Crippen LogP contribution in [0.15, 0.2) is 17.2 Å². The van der Waals surface area contributed by atoms with Crippen molar-refractivity contribution < 1.29 is 13.2 Å². The van der Waals surface area contributed by atoms with Crippen molar-refractivity contribution in [3.05, 3.63) is 28.6 Å². The number of nitrogens with two attached hydrogens (primary N) is 1. The molecule has 2 aromatic rings. The van der Waals surface area contributed by atoms with E-state index in [1.54, 1.807) is 0 Å². The summed E-state index contributed by atoms with van der Waals surface area (Å²) in [5.74, 6) is -0.751. The molecule has 0 unspecified atom stereocenters. The van der Waals surface area contributed by atoms with E-state index in [0.29, 0.717) is 4.57 Å². The molecule has 0 saturated heterocycles. The Morgan fingerprint density at radius 1 is 1.39 bits per heavy atom. The predicted octanol–water partition coefficient (Wildman–Crippen LogP) is 1.75. The lowest BCUT2D eigenvalue weighted by Crippen LogP contribution is -2.24. The molecule has 0 atom stereocenters. The molecule has 0 aliphatic rings. The molecule has 0 amide bonds. The van der Waals surface area contributed by atoms with E-state index >= 15 is 0 Å². The maximum Gasteiger partial charge on any atom is 0.262 e. The fraction of sp³-hybridized carbons (Fsp3) is 0.300. The van der Waals surface area contributed by atoms with E-state index in [-0.39, 0.29) is 29.0 Å². The molecule has 8 heteroatoms. The van der Waals surface area contributed by atoms with Crippen LogP contribution < -0.4 is 11.3 Å². The highest BCUT2D eigenvalue weighted by atomic mass is 35.5. The number of nitrogens with zero attached hydrogens (tertiary/aromatic N) is 2. The summed E-state index contributed by atoms with van der Waals surface area (Å²) in [4.78, 5) is 11.8. The van der Waals surface area contributed by atoms with Gasteiger partial charge in [-0.15, -0.1) is 12.4 Å². The molecule has 2 aromatic heterocycles. The van der Waals surface area contributed by atoms with Crippen LogP contribution >= 0.6 is 12.4 Å². The zero-order chi connectivity index (χ0) is 12.7. The fourth-order valence-electron chi connectivity index (χ4n) is 1.85. The molecule has 2 rings (SSSR count). The van der Waals surface area contributed by atoms with Gasteiger partial charge in [0.15, 0.2) is 5.82 Å². The van der Waals surface area contributed by atoms with Crippen molar-refractivity contribution in [2.24, 2.45) is 7.05 Å². The minimum Gasteiger partial charge on any atom is -0.397 e. The van der Waals surface area contributed by atoms with Crippen LogP contribution in [0.2, 0.25) is 0 Å². The lowest BCUT2D eigenvalue weighted by molar-refractivity contribution is 0.125. The van der Waals surface area contributed by atoms with E-state index in [9.17, 15) is 18.0 Å². The minimum atomic E-state index is -2.73. The van der Waals surface area contributed by atoms with E-state index in [1.165, 1.54) is 17.8 Å². The van der Waals surface area contributed by atoms with Crippen molar-refractivity contribution in [1.82, 2.24) is 9.13 Å². The maximum atomic E-state index is 13.7. The second kappa shape index (κ2) is 4.93. The van der Waals surface area contributed by atoms with Gasteiger partial charge in [-0.2, -0.15) is 0 Å². The predicted molar refractivity (Wildman–Crippen MR) is 64.8 cm³/mol. The topological polar surface area (TPSA) is 52.9 Å². The van der Waals surface area contributed by atoms with Gasteiger partial charge >= 0.3 is 0 Å². The highest BCUT2D eigenvalue weighted by molar-refractivity contribution is 5.91. The molecule has 0 saturated carbocycles. The number of hydrogen-bond acceptors (Lipinski definition) is 2. The highest BCUT2D eigenvalue weighted by Crippen LogP contribution is 2.21. The van der Waals surface area contributed by atoms with Gasteiger partial charge in [-0.25, -0.2) is 13.2 Å². The molecule has 0 aliphatic heterocycles. The van der Waals surface area contributed by atoms with Crippen LogP contribution in [0.3, 0.4) is 0 Å². The molecule has 100 valence electrons. The number of halogens is 4. The van der Waals surface area contributed by atoms with Crippen molar-refractivity contribution >= 4 is 29.0 Å². The SMILES string of the molecule is Cl.Cn1cc(N)c2c(=O)n(CC(F)F)cc(F)c21. The molecule has 2 N–H and O–H groups in total. The summed E-state index contributed by atoms with van der Waals surface area (Å²) in [7, 11) is 1.53. The second-order valence-electron chi connectivity index (χ2n) is 3.74. The molecule has 2 heterocycles. The third kappa shape index (κ3) is 2.17. The summed E-state index contributed by atoms with van der Waals surface area (Å²) in [6, 6.07) is 0. The van der Waals surface area contributed by atoms with Crippen LogP contribution in [0, 0.1) is 5.82 Å². The third-order valence-electron chi connectivity index (χ3n) is 2.52. The van der Waals surface area contributed by atoms with Gasteiger partial charge in [0.05, 0.1) is 23.1 Å². The van der Waals surface area contributed by atoms with Gasteiger partial charge in [0.2, 0.25) is 0 Å². The largest absolute Gasteiger partial charge is 0.397 e. The normalized spacial score (nSPS) is 10.9. The van der Waals surface area contributed by atoms with Crippen LogP contribution in [-0.2, 0) is 13.6 Å². The third-order valence-corrected chi connectivity index (χ3v) is 2.52. The number of rotatable bonds is 2. The smallest absolute Gasteiger partial charge is 0.262 e. The van der Waals surface area contributed by atoms with Gasteiger partial charge in [0.1, 0.15) is 0 Å². The lowest BCUT2D eigenvalue weighted by Gasteiger charge is -2.06. The molecule has 18 heavy (non-hydrogen) atoms. The van der Waals surface area contributed by atoms with Crippen LogP contribution in [-0.4, -0.2) is 15.6 Å². The Balaban J connectivity index is 0.00000162. The number of alkyl halides is 2. The van der Waals surface area contributed by atoms with Gasteiger partial charge in [0.25, 0.3) is 12.0 Å². The average Bonchev–Trinajstić information content (AvgIpc) is 2.49. The first-order valence-corrected chi connectivity index (χ1v) is 4.83. The van der Waals surface area contributed by atoms with Gasteiger partial charge in [-0.3, -0.25) is 4.79 Å². The van der Waals surface area contributed by atoms with Crippen LogP contribution in [0.1, 0.15) is 0 Å². The first-order valence-electron chi connectivity index (χ1n) is 4.83. The van der Waals surface area contributed by atoms with Gasteiger partial charge < -0.3 is 14.9 Å². The van der Waals surface area contributed by atoms with Gasteiger partial charge in [0, 0.05) is 19.4 Å². The number of nitrogen functional groups attached to an aromatic ring is 1. The number of aryl methyl sites for hydroxylation is 1. The van der Waals surface area contributed by atoms with Gasteiger partial charge in [-0.05, 0) is 0 Å². The van der Waals surface area contributed by atoms with Crippen molar-refractivity contribution in [2.75, 3.05) is 5.73 Å². The average molecular weight is 282 g/mol. The van der Waals surface area contributed by atoms with Crippen LogP contribution in [0.5, 0.6) is 0 Å². The molecule has 0 bridgehead atoms. The standard InChI is InChI=1S/C10H10F3N3O.ClH/c1-15-3-6(14)8-9(15)5(11)2-16(10(8)17)4-7(12)13;/h2-3,7H,4,14H2,1H3;1H. The van der Waals surface area contributed by atoms with Gasteiger partial charge in [-0.1, -0.05) is 0 Å². The van der Waals surface area contributed by atoms with E-state index in [4.69, 9.17) is 5.73 Å². The fourth-order valence-corrected chi connectivity index (χ4v) is 1.85. The molecule has 0 radical (unpaired) electrons. The van der Waals surface area contributed by atoms with E-state index < -0.39 is 24.3 Å². The molecule has 0 spiro atoms. The van der Waals surface area contributed by atoms with E-state index in [1.807, 2.05) is 0 Å². The van der Waals surface area contributed by atoms with Crippen LogP contribution in [0.25, 0.3) is 10.9 Å². The van der Waals surface area contributed by atoms with E-state index in [0.717, 1.165) is 6.20 Å². The van der Waals surface area contributed by atoms with Crippen molar-refractivity contribution in [3.8, 4) is 0 Å². The molecule has 0 aliphatic carbocycles. The van der Waals surface area contributed by atoms with Crippen molar-refractivity contribution in [3.63, 3.8) is 0 Å². The second-order valence-corrected chi connectivity index (χ2v) is 3.74. The summed E-state index contributed by atoms with van der Waals surface area (Å²) in [5, 5.41) is -0.0619. The summed E-state index contributed by atoms with van der Waals surface area (Å²) in [6.07, 6.45) is -0.576. The Hall–Kier alpha value is -1.63. The number of anilines is 1. The maximum absolute atomic E-state index is 13.7. The monoisotopic (exact) mass is 281 g/mol. The first-order chi connectivity index (χ1) is 7.91. The number of fused-ring (bicyclic) bond motifs is 1. The zero-order valence-electron chi connectivity index (χ0n) is 9.36. The zero-order valence-corrected chi connectivity index (χ0v) is 10.2. The first kappa shape index (κ1) is 14.4. The molecule has 0 aromatic carbocycles. The number of pyridine rings is 1. The Morgan fingerprint density at radius 2 is 2.00 bits per heavy atom. The lowest BCUT2D eigenvalue weighted by atomic mass is 10.3. The number of hydrogen-bond donors (Lipinski definition) is 1. The summed E-state index contributed by atoms with van der Waals surface area (Å²) in [6.45, 7) is -0.847. The highest BCUT2D eigenvalue weighted by Gasteiger charge is 2.16. The quantitative estimate of drug-likeness (QED) is 0.912. The Labute approximate surface area is 106 Å². The van der Waals surface area contributed by atoms with Crippen molar-refractivity contribution in [2.45, 2.75) is 13.0 Å². The summed E-state index contributed by atoms with van der Waals surface area (Å²) >= 11 is 0. The van der Waals surface area contributed by atoms with Crippen molar-refractivity contribution in [1.29, 1.82) is 0 Å². The Kier molecular flexibility index (Phi) is 3.95.